The van der Waals surface area contributed by atoms with Crippen LogP contribution in [0.1, 0.15) is 58.4 Å². The normalized spacial score (nSPS) is 15.7. The first-order chi connectivity index (χ1) is 13.1. The highest BCUT2D eigenvalue weighted by Crippen LogP contribution is 2.42. The molecule has 0 bridgehead atoms. The zero-order chi connectivity index (χ0) is 20.8. The molecule has 6 nitrogen and oxygen atoms in total. The van der Waals surface area contributed by atoms with Crippen molar-refractivity contribution in [2.45, 2.75) is 65.0 Å². The molecule has 154 valence electrons. The number of amides is 2. The Labute approximate surface area is 171 Å². The molecule has 1 aliphatic carbocycles. The second kappa shape index (κ2) is 9.41. The minimum Gasteiger partial charge on any atom is -0.455 e. The van der Waals surface area contributed by atoms with Crippen molar-refractivity contribution >= 4 is 29.4 Å². The molecule has 1 fully saturated rings. The molecule has 0 radical (unpaired) electrons. The van der Waals surface area contributed by atoms with Gasteiger partial charge in [0.2, 0.25) is 5.91 Å². The molecule has 2 N–H and O–H groups in total. The largest absolute Gasteiger partial charge is 0.455 e. The molecule has 0 spiro atoms. The Kier molecular flexibility index (Phi) is 7.47. The van der Waals surface area contributed by atoms with Crippen LogP contribution < -0.4 is 10.6 Å². The molecule has 0 saturated heterocycles. The smallest absolute Gasteiger partial charge is 0.313 e. The van der Waals surface area contributed by atoms with Crippen LogP contribution in [0.4, 0.5) is 0 Å². The fourth-order valence-corrected chi connectivity index (χ4v) is 3.65. The van der Waals surface area contributed by atoms with Gasteiger partial charge in [0.05, 0.1) is 5.41 Å². The summed E-state index contributed by atoms with van der Waals surface area (Å²) in [5.74, 6) is -1.04. The molecule has 0 heterocycles. The second-order valence-corrected chi connectivity index (χ2v) is 8.81. The number of esters is 1. The van der Waals surface area contributed by atoms with E-state index < -0.39 is 17.3 Å². The van der Waals surface area contributed by atoms with Crippen LogP contribution in [0.5, 0.6) is 0 Å². The van der Waals surface area contributed by atoms with E-state index in [4.69, 9.17) is 16.3 Å². The van der Waals surface area contributed by atoms with Crippen LogP contribution in [0, 0.1) is 5.41 Å². The summed E-state index contributed by atoms with van der Waals surface area (Å²) in [7, 11) is 0. The van der Waals surface area contributed by atoms with E-state index >= 15 is 0 Å². The van der Waals surface area contributed by atoms with Gasteiger partial charge in [-0.15, -0.1) is 0 Å². The monoisotopic (exact) mass is 408 g/mol. The maximum absolute atomic E-state index is 12.7. The number of hydrogen-bond acceptors (Lipinski definition) is 4. The summed E-state index contributed by atoms with van der Waals surface area (Å²) in [6.45, 7) is 5.58. The van der Waals surface area contributed by atoms with Crippen LogP contribution in [-0.2, 0) is 25.7 Å². The molecule has 0 aromatic heterocycles. The van der Waals surface area contributed by atoms with E-state index in [-0.39, 0.29) is 31.0 Å². The van der Waals surface area contributed by atoms with Crippen molar-refractivity contribution in [2.75, 3.05) is 6.61 Å². The Hall–Kier alpha value is -2.08. The van der Waals surface area contributed by atoms with Gasteiger partial charge in [0.1, 0.15) is 0 Å². The van der Waals surface area contributed by atoms with E-state index in [0.717, 1.165) is 18.4 Å². The molecule has 7 heteroatoms. The van der Waals surface area contributed by atoms with E-state index in [2.05, 4.69) is 10.6 Å². The highest BCUT2D eigenvalue weighted by Gasteiger charge is 2.44. The molecule has 0 unspecified atom stereocenters. The molecule has 1 aliphatic rings. The van der Waals surface area contributed by atoms with Gasteiger partial charge in [-0.25, -0.2) is 0 Å². The third-order valence-electron chi connectivity index (χ3n) is 4.78. The zero-order valence-corrected chi connectivity index (χ0v) is 17.5. The Bertz CT molecular complexity index is 721. The highest BCUT2D eigenvalue weighted by molar-refractivity contribution is 6.31. The molecular weight excluding hydrogens is 380 g/mol. The zero-order valence-electron chi connectivity index (χ0n) is 16.8. The van der Waals surface area contributed by atoms with Gasteiger partial charge in [-0.05, 0) is 45.2 Å². The van der Waals surface area contributed by atoms with Crippen LogP contribution in [0.15, 0.2) is 24.3 Å². The van der Waals surface area contributed by atoms with Crippen LogP contribution in [0.25, 0.3) is 0 Å². The molecule has 0 aliphatic heterocycles. The first-order valence-corrected chi connectivity index (χ1v) is 9.97. The van der Waals surface area contributed by atoms with Gasteiger partial charge in [0.15, 0.2) is 6.61 Å². The van der Waals surface area contributed by atoms with Gasteiger partial charge in [-0.1, -0.05) is 42.6 Å². The van der Waals surface area contributed by atoms with Gasteiger partial charge >= 0.3 is 5.97 Å². The summed E-state index contributed by atoms with van der Waals surface area (Å²) in [5.41, 5.74) is -0.410. The Balaban J connectivity index is 1.87. The Morgan fingerprint density at radius 2 is 1.75 bits per heavy atom. The summed E-state index contributed by atoms with van der Waals surface area (Å²) in [6, 6.07) is 7.21. The van der Waals surface area contributed by atoms with Crippen molar-refractivity contribution in [3.8, 4) is 0 Å². The average molecular weight is 409 g/mol. The summed E-state index contributed by atoms with van der Waals surface area (Å²) in [6.07, 6.45) is 3.03. The lowest BCUT2D eigenvalue weighted by Gasteiger charge is -2.28. The number of halogens is 1. The molecule has 0 atom stereocenters. The third-order valence-corrected chi connectivity index (χ3v) is 5.14. The fraction of sp³-hybridized carbons (Fsp3) is 0.571. The molecular formula is C21H29ClN2O4. The summed E-state index contributed by atoms with van der Waals surface area (Å²) in [5, 5.41) is 6.15. The van der Waals surface area contributed by atoms with E-state index in [1.54, 1.807) is 6.07 Å². The van der Waals surface area contributed by atoms with Crippen molar-refractivity contribution in [2.24, 2.45) is 5.41 Å². The maximum Gasteiger partial charge on any atom is 0.313 e. The average Bonchev–Trinajstić information content (AvgIpc) is 3.06. The first kappa shape index (κ1) is 22.2. The van der Waals surface area contributed by atoms with Crippen molar-refractivity contribution in [1.82, 2.24) is 10.6 Å². The SMILES string of the molecule is CC(C)(C)NC(=O)CC1(C(=O)OCC(=O)NCc2ccccc2Cl)CCCC1. The number of ether oxygens (including phenoxy) is 1. The predicted octanol–water partition coefficient (Wildman–Crippen LogP) is 3.36. The molecule has 28 heavy (non-hydrogen) atoms. The Morgan fingerprint density at radius 3 is 2.36 bits per heavy atom. The van der Waals surface area contributed by atoms with Gasteiger partial charge in [0, 0.05) is 23.5 Å². The van der Waals surface area contributed by atoms with Crippen molar-refractivity contribution < 1.29 is 19.1 Å². The van der Waals surface area contributed by atoms with E-state index in [0.29, 0.717) is 17.9 Å². The molecule has 1 saturated carbocycles. The number of rotatable bonds is 7. The summed E-state index contributed by atoms with van der Waals surface area (Å²) in [4.78, 5) is 37.1. The van der Waals surface area contributed by atoms with E-state index in [1.165, 1.54) is 0 Å². The van der Waals surface area contributed by atoms with Crippen LogP contribution >= 0.6 is 11.6 Å². The molecule has 2 amide bonds. The number of carbonyl (C=O) groups excluding carboxylic acids is 3. The highest BCUT2D eigenvalue weighted by atomic mass is 35.5. The maximum atomic E-state index is 12.7. The van der Waals surface area contributed by atoms with E-state index in [1.807, 2.05) is 39.0 Å². The van der Waals surface area contributed by atoms with Crippen molar-refractivity contribution in [3.63, 3.8) is 0 Å². The lowest BCUT2D eigenvalue weighted by molar-refractivity contribution is -0.160. The standard InChI is InChI=1S/C21H29ClN2O4/c1-20(2,3)24-17(25)12-21(10-6-7-11-21)19(27)28-14-18(26)23-13-15-8-4-5-9-16(15)22/h4-5,8-9H,6-7,10-14H2,1-3H3,(H,23,26)(H,24,25). The Morgan fingerprint density at radius 1 is 1.11 bits per heavy atom. The van der Waals surface area contributed by atoms with Crippen molar-refractivity contribution in [3.05, 3.63) is 34.9 Å². The fourth-order valence-electron chi connectivity index (χ4n) is 3.45. The minimum absolute atomic E-state index is 0.0876. The third kappa shape index (κ3) is 6.51. The quantitative estimate of drug-likeness (QED) is 0.677. The van der Waals surface area contributed by atoms with Gasteiger partial charge in [-0.3, -0.25) is 14.4 Å². The first-order valence-electron chi connectivity index (χ1n) is 9.60. The predicted molar refractivity (Wildman–Crippen MR) is 108 cm³/mol. The van der Waals surface area contributed by atoms with Gasteiger partial charge in [-0.2, -0.15) is 0 Å². The van der Waals surface area contributed by atoms with Crippen LogP contribution in [0.3, 0.4) is 0 Å². The molecule has 1 aromatic rings. The van der Waals surface area contributed by atoms with Crippen LogP contribution in [0.2, 0.25) is 5.02 Å². The van der Waals surface area contributed by atoms with Gasteiger partial charge in [0.25, 0.3) is 5.91 Å². The van der Waals surface area contributed by atoms with Crippen molar-refractivity contribution in [1.29, 1.82) is 0 Å². The summed E-state index contributed by atoms with van der Waals surface area (Å²) >= 11 is 6.06. The van der Waals surface area contributed by atoms with E-state index in [9.17, 15) is 14.4 Å². The second-order valence-electron chi connectivity index (χ2n) is 8.41. The molecule has 1 aromatic carbocycles. The number of nitrogens with one attached hydrogen (secondary N) is 2. The lowest BCUT2D eigenvalue weighted by Crippen LogP contribution is -2.44. The number of hydrogen-bond donors (Lipinski definition) is 2. The lowest BCUT2D eigenvalue weighted by atomic mass is 9.82. The van der Waals surface area contributed by atoms with Crippen LogP contribution in [-0.4, -0.2) is 29.9 Å². The minimum atomic E-state index is -0.835. The molecule has 2 rings (SSSR count). The number of carbonyl (C=O) groups is 3. The van der Waals surface area contributed by atoms with Gasteiger partial charge < -0.3 is 15.4 Å². The topological polar surface area (TPSA) is 84.5 Å². The number of benzene rings is 1. The summed E-state index contributed by atoms with van der Waals surface area (Å²) < 4.78 is 5.28.